The Labute approximate surface area is 104 Å². The van der Waals surface area contributed by atoms with Crippen molar-refractivity contribution in [3.8, 4) is 0 Å². The van der Waals surface area contributed by atoms with Crippen molar-refractivity contribution in [3.05, 3.63) is 0 Å². The molecule has 0 aromatic rings. The molecule has 1 rings (SSSR count). The average Bonchev–Trinajstić information content (AvgIpc) is 2.59. The number of carboxylic acid groups (broad SMARTS) is 2. The number of likely N-dealkylation sites (tertiary alicyclic amines) is 1. The average molecular weight is 257 g/mol. The molecule has 1 saturated heterocycles. The van der Waals surface area contributed by atoms with E-state index in [1.54, 1.807) is 20.8 Å². The van der Waals surface area contributed by atoms with E-state index in [2.05, 4.69) is 0 Å². The molecule has 0 atom stereocenters. The number of carbonyl (C=O) groups excluding carboxylic acids is 3. The summed E-state index contributed by atoms with van der Waals surface area (Å²) in [6.07, 6.45) is -0.983. The van der Waals surface area contributed by atoms with Gasteiger partial charge in [-0.2, -0.15) is 0 Å². The number of carboxylic acids is 2. The summed E-state index contributed by atoms with van der Waals surface area (Å²) in [5.74, 6) is -3.48. The molecule has 0 aliphatic carbocycles. The van der Waals surface area contributed by atoms with Crippen LogP contribution in [0.4, 0.5) is 4.79 Å². The second-order valence-corrected chi connectivity index (χ2v) is 5.31. The lowest BCUT2D eigenvalue weighted by atomic mass is 9.87. The maximum atomic E-state index is 11.7. The summed E-state index contributed by atoms with van der Waals surface area (Å²) < 4.78 is 5.03. The van der Waals surface area contributed by atoms with Crippen molar-refractivity contribution in [2.24, 2.45) is 5.41 Å². The van der Waals surface area contributed by atoms with E-state index in [-0.39, 0.29) is 13.0 Å². The smallest absolute Gasteiger partial charge is 0.410 e. The first-order chi connectivity index (χ1) is 8.08. The van der Waals surface area contributed by atoms with Crippen LogP contribution >= 0.6 is 0 Å². The second kappa shape index (κ2) is 4.47. The van der Waals surface area contributed by atoms with E-state index >= 15 is 0 Å². The maximum Gasteiger partial charge on any atom is 0.410 e. The SMILES string of the molecule is CC(C)(C)OC(=O)N1CCC(C(=O)[O-])(C(=O)[O-])C1. The van der Waals surface area contributed by atoms with E-state index in [1.807, 2.05) is 0 Å². The Hall–Kier alpha value is -1.79. The van der Waals surface area contributed by atoms with E-state index < -0.39 is 35.6 Å². The Morgan fingerprint density at radius 3 is 2.00 bits per heavy atom. The molecule has 7 heteroatoms. The molecule has 1 fully saturated rings. The zero-order valence-corrected chi connectivity index (χ0v) is 10.5. The molecule has 0 bridgehead atoms. The minimum absolute atomic E-state index is 0.0170. The highest BCUT2D eigenvalue weighted by atomic mass is 16.6. The summed E-state index contributed by atoms with van der Waals surface area (Å²) in [6, 6.07) is 0. The molecular formula is C11H15NO6-2. The molecule has 0 N–H and O–H groups in total. The molecular weight excluding hydrogens is 242 g/mol. The third kappa shape index (κ3) is 2.72. The lowest BCUT2D eigenvalue weighted by molar-refractivity contribution is -0.341. The van der Waals surface area contributed by atoms with Crippen LogP contribution in [0, 0.1) is 5.41 Å². The number of hydrogen-bond acceptors (Lipinski definition) is 6. The van der Waals surface area contributed by atoms with Gasteiger partial charge in [0.25, 0.3) is 0 Å². The van der Waals surface area contributed by atoms with Crippen molar-refractivity contribution in [1.82, 2.24) is 4.90 Å². The quantitative estimate of drug-likeness (QED) is 0.535. The van der Waals surface area contributed by atoms with Crippen LogP contribution in [0.25, 0.3) is 0 Å². The number of ether oxygens (including phenoxy) is 1. The van der Waals surface area contributed by atoms with Crippen LogP contribution in [0.1, 0.15) is 27.2 Å². The predicted octanol–water partition coefficient (Wildman–Crippen LogP) is -1.89. The van der Waals surface area contributed by atoms with Crippen LogP contribution in [0.15, 0.2) is 0 Å². The van der Waals surface area contributed by atoms with Crippen molar-refractivity contribution in [3.63, 3.8) is 0 Å². The molecule has 1 aliphatic rings. The van der Waals surface area contributed by atoms with Gasteiger partial charge >= 0.3 is 6.09 Å². The fraction of sp³-hybridized carbons (Fsp3) is 0.727. The van der Waals surface area contributed by atoms with Crippen LogP contribution in [-0.4, -0.2) is 41.6 Å². The normalized spacial score (nSPS) is 18.5. The monoisotopic (exact) mass is 257 g/mol. The van der Waals surface area contributed by atoms with Crippen molar-refractivity contribution < 1.29 is 29.3 Å². The molecule has 0 spiro atoms. The van der Waals surface area contributed by atoms with Gasteiger partial charge < -0.3 is 29.4 Å². The molecule has 1 heterocycles. The number of carbonyl (C=O) groups is 3. The highest BCUT2D eigenvalue weighted by Crippen LogP contribution is 2.30. The van der Waals surface area contributed by atoms with Crippen LogP contribution in [0.5, 0.6) is 0 Å². The molecule has 7 nitrogen and oxygen atoms in total. The summed E-state index contributed by atoms with van der Waals surface area (Å²) >= 11 is 0. The molecule has 0 unspecified atom stereocenters. The number of aliphatic carboxylic acids is 2. The number of nitrogens with zero attached hydrogens (tertiary/aromatic N) is 1. The van der Waals surface area contributed by atoms with Crippen molar-refractivity contribution in [2.75, 3.05) is 13.1 Å². The van der Waals surface area contributed by atoms with Gasteiger partial charge in [-0.3, -0.25) is 0 Å². The molecule has 102 valence electrons. The summed E-state index contributed by atoms with van der Waals surface area (Å²) in [6.45, 7) is 4.46. The van der Waals surface area contributed by atoms with E-state index in [1.165, 1.54) is 0 Å². The third-order valence-corrected chi connectivity index (χ3v) is 2.70. The molecule has 0 radical (unpaired) electrons. The van der Waals surface area contributed by atoms with Crippen LogP contribution in [-0.2, 0) is 14.3 Å². The summed E-state index contributed by atoms with van der Waals surface area (Å²) in [7, 11) is 0. The minimum Gasteiger partial charge on any atom is -0.549 e. The number of hydrogen-bond donors (Lipinski definition) is 0. The first kappa shape index (κ1) is 14.3. The van der Waals surface area contributed by atoms with E-state index in [4.69, 9.17) is 4.74 Å². The second-order valence-electron chi connectivity index (χ2n) is 5.31. The molecule has 1 amide bonds. The van der Waals surface area contributed by atoms with Crippen molar-refractivity contribution in [1.29, 1.82) is 0 Å². The Morgan fingerprint density at radius 2 is 1.67 bits per heavy atom. The molecule has 18 heavy (non-hydrogen) atoms. The number of amides is 1. The standard InChI is InChI=1S/C11H17NO6/c1-10(2,3)18-9(17)12-5-4-11(6-12,7(13)14)8(15)16/h4-6H2,1-3H3,(H,13,14)(H,15,16)/p-2. The Kier molecular flexibility index (Phi) is 3.54. The van der Waals surface area contributed by atoms with Gasteiger partial charge in [-0.25, -0.2) is 4.79 Å². The Bertz CT molecular complexity index is 369. The van der Waals surface area contributed by atoms with Gasteiger partial charge in [0.1, 0.15) is 5.60 Å². The first-order valence-corrected chi connectivity index (χ1v) is 5.49. The van der Waals surface area contributed by atoms with Gasteiger partial charge in [-0.05, 0) is 27.2 Å². The minimum atomic E-state index is -2.14. The van der Waals surface area contributed by atoms with Gasteiger partial charge in [-0.1, -0.05) is 0 Å². The fourth-order valence-electron chi connectivity index (χ4n) is 1.71. The fourth-order valence-corrected chi connectivity index (χ4v) is 1.71. The predicted molar refractivity (Wildman–Crippen MR) is 54.9 cm³/mol. The third-order valence-electron chi connectivity index (χ3n) is 2.70. The van der Waals surface area contributed by atoms with E-state index in [9.17, 15) is 24.6 Å². The summed E-state index contributed by atoms with van der Waals surface area (Å²) in [5, 5.41) is 21.8. The first-order valence-electron chi connectivity index (χ1n) is 5.49. The number of rotatable bonds is 2. The highest BCUT2D eigenvalue weighted by Gasteiger charge is 2.43. The van der Waals surface area contributed by atoms with Crippen LogP contribution in [0.3, 0.4) is 0 Å². The Balaban J connectivity index is 2.79. The van der Waals surface area contributed by atoms with Gasteiger partial charge in [-0.15, -0.1) is 0 Å². The molecule has 0 saturated carbocycles. The van der Waals surface area contributed by atoms with Crippen molar-refractivity contribution >= 4 is 18.0 Å². The van der Waals surface area contributed by atoms with Gasteiger partial charge in [0.2, 0.25) is 0 Å². The van der Waals surface area contributed by atoms with Gasteiger partial charge in [0, 0.05) is 13.1 Å². The van der Waals surface area contributed by atoms with Gasteiger partial charge in [0.05, 0.1) is 17.4 Å². The van der Waals surface area contributed by atoms with E-state index in [0.717, 1.165) is 4.90 Å². The maximum absolute atomic E-state index is 11.7. The van der Waals surface area contributed by atoms with Crippen LogP contribution in [0.2, 0.25) is 0 Å². The van der Waals surface area contributed by atoms with Crippen LogP contribution < -0.4 is 10.2 Å². The zero-order chi connectivity index (χ0) is 14.1. The highest BCUT2D eigenvalue weighted by molar-refractivity contribution is 5.97. The molecule has 0 aromatic carbocycles. The zero-order valence-electron chi connectivity index (χ0n) is 10.5. The Morgan fingerprint density at radius 1 is 1.17 bits per heavy atom. The largest absolute Gasteiger partial charge is 0.549 e. The molecule has 1 aliphatic heterocycles. The summed E-state index contributed by atoms with van der Waals surface area (Å²) in [5.41, 5.74) is -2.87. The topological polar surface area (TPSA) is 110 Å². The summed E-state index contributed by atoms with van der Waals surface area (Å²) in [4.78, 5) is 34.5. The lowest BCUT2D eigenvalue weighted by Crippen LogP contribution is -2.55. The van der Waals surface area contributed by atoms with Gasteiger partial charge in [0.15, 0.2) is 0 Å². The lowest BCUT2D eigenvalue weighted by Gasteiger charge is -2.31. The van der Waals surface area contributed by atoms with E-state index in [0.29, 0.717) is 0 Å². The molecule has 0 aromatic heterocycles. The van der Waals surface area contributed by atoms with Crippen molar-refractivity contribution in [2.45, 2.75) is 32.8 Å².